The highest BCUT2D eigenvalue weighted by Gasteiger charge is 2.23. The first-order valence-corrected chi connectivity index (χ1v) is 8.35. The molecule has 1 atom stereocenters. The minimum Gasteiger partial charge on any atom is -0.343 e. The molecule has 0 aromatic carbocycles. The van der Waals surface area contributed by atoms with Crippen LogP contribution in [0.15, 0.2) is 11.2 Å². The first-order chi connectivity index (χ1) is 9.31. The van der Waals surface area contributed by atoms with Crippen LogP contribution in [0, 0.1) is 12.3 Å². The largest absolute Gasteiger partial charge is 0.343 e. The molecule has 8 heteroatoms. The first-order valence-electron chi connectivity index (χ1n) is 6.04. The van der Waals surface area contributed by atoms with Crippen molar-refractivity contribution in [3.8, 4) is 12.3 Å². The third-order valence-electron chi connectivity index (χ3n) is 2.67. The van der Waals surface area contributed by atoms with Gasteiger partial charge in [-0.1, -0.05) is 12.8 Å². The zero-order valence-electron chi connectivity index (χ0n) is 11.3. The van der Waals surface area contributed by atoms with E-state index in [9.17, 15) is 13.2 Å². The van der Waals surface area contributed by atoms with Gasteiger partial charge >= 0.3 is 0 Å². The molecule has 0 saturated carbocycles. The molecule has 20 heavy (non-hydrogen) atoms. The number of hydrogen-bond donors (Lipinski definition) is 1. The van der Waals surface area contributed by atoms with E-state index in [0.717, 1.165) is 6.42 Å². The molecule has 0 aliphatic rings. The van der Waals surface area contributed by atoms with Crippen LogP contribution in [0.1, 0.15) is 32.1 Å². The topological polar surface area (TPSA) is 81.1 Å². The van der Waals surface area contributed by atoms with E-state index in [2.05, 4.69) is 16.2 Å². The fourth-order valence-corrected chi connectivity index (χ4v) is 2.36. The molecular weight excluding hydrogens is 302 g/mol. The van der Waals surface area contributed by atoms with Crippen molar-refractivity contribution < 1.29 is 13.2 Å². The average Bonchev–Trinajstić information content (AvgIpc) is 2.79. The van der Waals surface area contributed by atoms with Crippen molar-refractivity contribution in [3.63, 3.8) is 0 Å². The second-order valence-corrected chi connectivity index (χ2v) is 6.70. The van der Waals surface area contributed by atoms with Crippen LogP contribution in [0.3, 0.4) is 0 Å². The molecule has 0 bridgehead atoms. The molecule has 0 fully saturated rings. The smallest absolute Gasteiger partial charge is 0.280 e. The van der Waals surface area contributed by atoms with Crippen LogP contribution in [0.2, 0.25) is 0 Å². The Hall–Kier alpha value is -1.52. The lowest BCUT2D eigenvalue weighted by atomic mass is 10.2. The highest BCUT2D eigenvalue weighted by molar-refractivity contribution is 8.13. The van der Waals surface area contributed by atoms with Crippen molar-refractivity contribution in [2.45, 2.75) is 37.8 Å². The highest BCUT2D eigenvalue weighted by Crippen LogP contribution is 2.19. The molecule has 1 aromatic rings. The number of rotatable bonds is 6. The number of terminal acetylenes is 1. The number of carbonyl (C=O) groups excluding carboxylic acids is 1. The number of carbonyl (C=O) groups is 1. The van der Waals surface area contributed by atoms with Crippen molar-refractivity contribution >= 4 is 25.6 Å². The van der Waals surface area contributed by atoms with E-state index in [4.69, 9.17) is 17.1 Å². The zero-order chi connectivity index (χ0) is 15.3. The summed E-state index contributed by atoms with van der Waals surface area (Å²) in [6.45, 7) is 3.68. The van der Waals surface area contributed by atoms with Crippen molar-refractivity contribution in [1.82, 2.24) is 14.9 Å². The predicted molar refractivity (Wildman–Crippen MR) is 75.8 cm³/mol. The predicted octanol–water partition coefficient (Wildman–Crippen LogP) is 1.07. The number of aromatic nitrogens is 2. The van der Waals surface area contributed by atoms with Gasteiger partial charge in [-0.05, 0) is 13.3 Å². The summed E-state index contributed by atoms with van der Waals surface area (Å²) in [5.41, 5.74) is 0. The van der Waals surface area contributed by atoms with Crippen LogP contribution < -0.4 is 5.32 Å². The van der Waals surface area contributed by atoms with Gasteiger partial charge in [0, 0.05) is 23.3 Å². The van der Waals surface area contributed by atoms with E-state index >= 15 is 0 Å². The third kappa shape index (κ3) is 3.99. The molecular formula is C12H16ClN3O3S. The molecule has 1 rings (SSSR count). The van der Waals surface area contributed by atoms with E-state index < -0.39 is 15.1 Å². The van der Waals surface area contributed by atoms with Crippen LogP contribution in [0.5, 0.6) is 0 Å². The van der Waals surface area contributed by atoms with Gasteiger partial charge in [0.15, 0.2) is 5.03 Å². The Morgan fingerprint density at radius 3 is 2.80 bits per heavy atom. The minimum atomic E-state index is -3.92. The lowest BCUT2D eigenvalue weighted by Crippen LogP contribution is -2.31. The lowest BCUT2D eigenvalue weighted by Gasteiger charge is -2.15. The van der Waals surface area contributed by atoms with Crippen molar-refractivity contribution in [3.05, 3.63) is 12.0 Å². The quantitative estimate of drug-likeness (QED) is 0.628. The number of hydrogen-bond acceptors (Lipinski definition) is 4. The summed E-state index contributed by atoms with van der Waals surface area (Å²) in [6.07, 6.45) is 7.65. The van der Waals surface area contributed by atoms with E-state index in [1.807, 2.05) is 6.92 Å². The molecule has 1 unspecified atom stereocenters. The molecule has 6 nitrogen and oxygen atoms in total. The maximum absolute atomic E-state index is 11.9. The standard InChI is InChI=1S/C12H16ClN3O3S/c1-4-6-10-15-11(20(13,18)19)8-16(10)9(3)12(17)14-7-5-2/h2,8-9H,4,6-7H2,1,3H3,(H,14,17). The monoisotopic (exact) mass is 317 g/mol. The summed E-state index contributed by atoms with van der Waals surface area (Å²) in [4.78, 5) is 15.9. The van der Waals surface area contributed by atoms with Gasteiger partial charge in [0.2, 0.25) is 5.91 Å². The van der Waals surface area contributed by atoms with Crippen molar-refractivity contribution in [2.75, 3.05) is 6.54 Å². The van der Waals surface area contributed by atoms with Gasteiger partial charge in [-0.2, -0.15) is 0 Å². The Labute approximate surface area is 122 Å². The third-order valence-corrected chi connectivity index (χ3v) is 3.84. The molecule has 0 radical (unpaired) electrons. The van der Waals surface area contributed by atoms with Crippen LogP contribution in [0.4, 0.5) is 0 Å². The number of aryl methyl sites for hydroxylation is 1. The van der Waals surface area contributed by atoms with E-state index in [0.29, 0.717) is 12.2 Å². The van der Waals surface area contributed by atoms with Gasteiger partial charge in [0.1, 0.15) is 11.9 Å². The molecule has 110 valence electrons. The number of nitrogens with zero attached hydrogens (tertiary/aromatic N) is 2. The highest BCUT2D eigenvalue weighted by atomic mass is 35.7. The fraction of sp³-hybridized carbons (Fsp3) is 0.500. The summed E-state index contributed by atoms with van der Waals surface area (Å²) in [5.74, 6) is 2.49. The SMILES string of the molecule is C#CCNC(=O)C(C)n1cc(S(=O)(=O)Cl)nc1CCC. The zero-order valence-corrected chi connectivity index (χ0v) is 12.8. The molecule has 0 saturated heterocycles. The second-order valence-electron chi connectivity index (χ2n) is 4.19. The van der Waals surface area contributed by atoms with Crippen LogP contribution in [-0.2, 0) is 20.3 Å². The number of halogens is 1. The van der Waals surface area contributed by atoms with Crippen LogP contribution in [-0.4, -0.2) is 30.4 Å². The van der Waals surface area contributed by atoms with Gasteiger partial charge < -0.3 is 9.88 Å². The molecule has 1 N–H and O–H groups in total. The Kier molecular flexibility index (Phi) is 5.60. The molecule has 1 heterocycles. The lowest BCUT2D eigenvalue weighted by molar-refractivity contribution is -0.123. The minimum absolute atomic E-state index is 0.113. The molecule has 0 aliphatic heterocycles. The van der Waals surface area contributed by atoms with Gasteiger partial charge in [0.25, 0.3) is 9.05 Å². The van der Waals surface area contributed by atoms with Gasteiger partial charge in [-0.25, -0.2) is 13.4 Å². The first kappa shape index (κ1) is 16.5. The summed E-state index contributed by atoms with van der Waals surface area (Å²) in [6, 6.07) is -0.621. The van der Waals surface area contributed by atoms with E-state index in [-0.39, 0.29) is 17.5 Å². The normalized spacial score (nSPS) is 12.7. The van der Waals surface area contributed by atoms with Gasteiger partial charge in [-0.15, -0.1) is 6.42 Å². The maximum atomic E-state index is 11.9. The summed E-state index contributed by atoms with van der Waals surface area (Å²) < 4.78 is 24.2. The fourth-order valence-electron chi connectivity index (χ4n) is 1.68. The molecule has 1 aromatic heterocycles. The Morgan fingerprint density at radius 1 is 1.65 bits per heavy atom. The summed E-state index contributed by atoms with van der Waals surface area (Å²) in [5, 5.41) is 2.29. The number of imidazole rings is 1. The summed E-state index contributed by atoms with van der Waals surface area (Å²) >= 11 is 0. The maximum Gasteiger partial charge on any atom is 0.280 e. The van der Waals surface area contributed by atoms with Crippen LogP contribution in [0.25, 0.3) is 0 Å². The molecule has 0 aliphatic carbocycles. The molecule has 1 amide bonds. The number of nitrogens with one attached hydrogen (secondary N) is 1. The van der Waals surface area contributed by atoms with E-state index in [1.54, 1.807) is 6.92 Å². The Balaban J connectivity index is 3.12. The summed E-state index contributed by atoms with van der Waals surface area (Å²) in [7, 11) is 1.36. The van der Waals surface area contributed by atoms with Gasteiger partial charge in [0.05, 0.1) is 6.54 Å². The molecule has 0 spiro atoms. The van der Waals surface area contributed by atoms with Crippen molar-refractivity contribution in [2.24, 2.45) is 0 Å². The second kappa shape index (κ2) is 6.77. The number of amides is 1. The van der Waals surface area contributed by atoms with Gasteiger partial charge in [-0.3, -0.25) is 4.79 Å². The Bertz CT molecular complexity index is 631. The Morgan fingerprint density at radius 2 is 2.30 bits per heavy atom. The average molecular weight is 318 g/mol. The van der Waals surface area contributed by atoms with Crippen molar-refractivity contribution in [1.29, 1.82) is 0 Å². The van der Waals surface area contributed by atoms with Crippen LogP contribution >= 0.6 is 10.7 Å². The van der Waals surface area contributed by atoms with E-state index in [1.165, 1.54) is 10.8 Å².